The lowest BCUT2D eigenvalue weighted by Crippen LogP contribution is -2.44. The van der Waals surface area contributed by atoms with E-state index in [2.05, 4.69) is 8.92 Å². The van der Waals surface area contributed by atoms with E-state index in [1.807, 2.05) is 0 Å². The Balaban J connectivity index is 2.06. The molecule has 0 saturated carbocycles. The third kappa shape index (κ3) is 4.59. The summed E-state index contributed by atoms with van der Waals surface area (Å²) in [6.07, 6.45) is 0.216. The maximum Gasteiger partial charge on any atom is 0.534 e. The van der Waals surface area contributed by atoms with Crippen molar-refractivity contribution in [2.75, 3.05) is 26.1 Å². The number of carbonyl (C=O) groups excluding carboxylic acids is 1. The number of rotatable bonds is 7. The van der Waals surface area contributed by atoms with E-state index in [0.29, 0.717) is 19.0 Å². The highest BCUT2D eigenvalue weighted by atomic mass is 32.2. The maximum absolute atomic E-state index is 12.3. The number of alkyl halides is 3. The molecule has 0 unspecified atom stereocenters. The molecular formula is C14H15F3O6S2. The van der Waals surface area contributed by atoms with Crippen LogP contribution in [0, 0.1) is 0 Å². The van der Waals surface area contributed by atoms with Crippen LogP contribution >= 0.6 is 11.8 Å². The number of halogens is 3. The van der Waals surface area contributed by atoms with Gasteiger partial charge in [0.2, 0.25) is 0 Å². The van der Waals surface area contributed by atoms with Crippen molar-refractivity contribution in [3.05, 3.63) is 29.8 Å². The molecular weight excluding hydrogens is 385 g/mol. The summed E-state index contributed by atoms with van der Waals surface area (Å²) in [5.74, 6) is -0.295. The largest absolute Gasteiger partial charge is 0.534 e. The fourth-order valence-electron chi connectivity index (χ4n) is 2.04. The van der Waals surface area contributed by atoms with Crippen LogP contribution in [0.15, 0.2) is 24.3 Å². The first-order valence-corrected chi connectivity index (χ1v) is 9.39. The van der Waals surface area contributed by atoms with Crippen LogP contribution < -0.4 is 4.18 Å². The SMILES string of the molecule is COC(=O)CCSC1(c2ccc(OS(=O)(=O)C(F)(F)F)cc2)COC1. The first-order chi connectivity index (χ1) is 11.6. The lowest BCUT2D eigenvalue weighted by Gasteiger charge is -2.41. The lowest BCUT2D eigenvalue weighted by molar-refractivity contribution is -0.140. The Morgan fingerprint density at radius 1 is 1.28 bits per heavy atom. The minimum Gasteiger partial charge on any atom is -0.469 e. The lowest BCUT2D eigenvalue weighted by atomic mass is 9.96. The van der Waals surface area contributed by atoms with Gasteiger partial charge in [0.1, 0.15) is 5.75 Å². The number of esters is 1. The summed E-state index contributed by atoms with van der Waals surface area (Å²) in [7, 11) is -4.40. The quantitative estimate of drug-likeness (QED) is 0.395. The third-order valence-electron chi connectivity index (χ3n) is 3.45. The zero-order valence-corrected chi connectivity index (χ0v) is 14.7. The van der Waals surface area contributed by atoms with Gasteiger partial charge < -0.3 is 13.7 Å². The number of hydrogen-bond donors (Lipinski definition) is 0. The summed E-state index contributed by atoms with van der Waals surface area (Å²) in [5.41, 5.74) is -4.75. The van der Waals surface area contributed by atoms with E-state index in [1.165, 1.54) is 31.0 Å². The van der Waals surface area contributed by atoms with Gasteiger partial charge in [-0.05, 0) is 17.7 Å². The second-order valence-corrected chi connectivity index (χ2v) is 8.19. The van der Waals surface area contributed by atoms with Gasteiger partial charge in [-0.15, -0.1) is 11.8 Å². The van der Waals surface area contributed by atoms with Crippen molar-refractivity contribution in [1.82, 2.24) is 0 Å². The highest BCUT2D eigenvalue weighted by molar-refractivity contribution is 8.00. The van der Waals surface area contributed by atoms with Crippen molar-refractivity contribution in [2.45, 2.75) is 16.7 Å². The fraction of sp³-hybridized carbons (Fsp3) is 0.500. The van der Waals surface area contributed by atoms with Gasteiger partial charge in [0, 0.05) is 5.75 Å². The van der Waals surface area contributed by atoms with Crippen LogP contribution in [0.1, 0.15) is 12.0 Å². The summed E-state index contributed by atoms with van der Waals surface area (Å²) < 4.78 is 72.3. The van der Waals surface area contributed by atoms with E-state index in [1.54, 1.807) is 0 Å². The van der Waals surface area contributed by atoms with Crippen LogP contribution in [-0.2, 0) is 29.1 Å². The van der Waals surface area contributed by atoms with Gasteiger partial charge in [-0.25, -0.2) is 0 Å². The second-order valence-electron chi connectivity index (χ2n) is 5.17. The van der Waals surface area contributed by atoms with Crippen molar-refractivity contribution in [3.63, 3.8) is 0 Å². The van der Waals surface area contributed by atoms with E-state index >= 15 is 0 Å². The van der Waals surface area contributed by atoms with E-state index < -0.39 is 26.1 Å². The Bertz CT molecular complexity index is 711. The molecule has 0 atom stereocenters. The number of carbonyl (C=O) groups is 1. The molecule has 0 bridgehead atoms. The zero-order chi connectivity index (χ0) is 18.7. The molecule has 1 heterocycles. The summed E-state index contributed by atoms with van der Waals surface area (Å²) in [4.78, 5) is 11.2. The molecule has 1 aromatic rings. The number of hydrogen-bond acceptors (Lipinski definition) is 7. The predicted molar refractivity (Wildman–Crippen MR) is 83.6 cm³/mol. The highest BCUT2D eigenvalue weighted by Crippen LogP contribution is 2.43. The molecule has 0 radical (unpaired) electrons. The fourth-order valence-corrected chi connectivity index (χ4v) is 3.80. The number of methoxy groups -OCH3 is 1. The van der Waals surface area contributed by atoms with Crippen molar-refractivity contribution in [2.24, 2.45) is 0 Å². The average molecular weight is 400 g/mol. The third-order valence-corrected chi connectivity index (χ3v) is 5.86. The molecule has 140 valence electrons. The predicted octanol–water partition coefficient (Wildman–Crippen LogP) is 2.44. The van der Waals surface area contributed by atoms with Crippen LogP contribution in [-0.4, -0.2) is 46.0 Å². The normalized spacial score (nSPS) is 16.8. The Kier molecular flexibility index (Phi) is 5.89. The van der Waals surface area contributed by atoms with Crippen LogP contribution in [0.3, 0.4) is 0 Å². The standard InChI is InChI=1S/C14H15F3O6S2/c1-21-12(18)6-7-24-13(8-22-9-13)10-2-4-11(5-3-10)23-25(19,20)14(15,16)17/h2-5H,6-9H2,1H3. The molecule has 2 rings (SSSR count). The first-order valence-electron chi connectivity index (χ1n) is 6.99. The molecule has 0 aliphatic carbocycles. The number of ether oxygens (including phenoxy) is 2. The average Bonchev–Trinajstić information content (AvgIpc) is 2.49. The molecule has 0 N–H and O–H groups in total. The molecule has 25 heavy (non-hydrogen) atoms. The zero-order valence-electron chi connectivity index (χ0n) is 13.0. The minimum atomic E-state index is -5.70. The maximum atomic E-state index is 12.3. The van der Waals surface area contributed by atoms with Crippen molar-refractivity contribution in [1.29, 1.82) is 0 Å². The van der Waals surface area contributed by atoms with E-state index in [0.717, 1.165) is 17.7 Å². The topological polar surface area (TPSA) is 78.9 Å². The van der Waals surface area contributed by atoms with Crippen LogP contribution in [0.2, 0.25) is 0 Å². The summed E-state index contributed by atoms with van der Waals surface area (Å²) in [5, 5.41) is 0. The summed E-state index contributed by atoms with van der Waals surface area (Å²) >= 11 is 1.47. The minimum absolute atomic E-state index is 0.216. The smallest absolute Gasteiger partial charge is 0.469 e. The van der Waals surface area contributed by atoms with Crippen molar-refractivity contribution >= 4 is 27.8 Å². The number of thioether (sulfide) groups is 1. The molecule has 1 saturated heterocycles. The van der Waals surface area contributed by atoms with E-state index in [4.69, 9.17) is 4.74 Å². The molecule has 1 fully saturated rings. The second kappa shape index (κ2) is 7.42. The molecule has 11 heteroatoms. The molecule has 0 spiro atoms. The Labute approximate surface area is 146 Å². The van der Waals surface area contributed by atoms with Crippen molar-refractivity contribution in [3.8, 4) is 5.75 Å². The molecule has 1 aliphatic rings. The van der Waals surface area contributed by atoms with Gasteiger partial charge in [0.25, 0.3) is 0 Å². The first kappa shape index (κ1) is 19.9. The van der Waals surface area contributed by atoms with Crippen molar-refractivity contribution < 1.29 is 40.0 Å². The molecule has 1 aliphatic heterocycles. The van der Waals surface area contributed by atoms with Gasteiger partial charge in [0.05, 0.1) is 31.5 Å². The van der Waals surface area contributed by atoms with Gasteiger partial charge in [0.15, 0.2) is 0 Å². The van der Waals surface area contributed by atoms with Crippen LogP contribution in [0.4, 0.5) is 13.2 Å². The summed E-state index contributed by atoms with van der Waals surface area (Å²) in [6.45, 7) is 0.750. The Morgan fingerprint density at radius 3 is 2.32 bits per heavy atom. The Hall–Kier alpha value is -1.46. The Morgan fingerprint density at radius 2 is 1.88 bits per heavy atom. The van der Waals surface area contributed by atoms with Gasteiger partial charge >= 0.3 is 21.6 Å². The number of benzene rings is 1. The van der Waals surface area contributed by atoms with Gasteiger partial charge in [-0.1, -0.05) is 12.1 Å². The van der Waals surface area contributed by atoms with Crippen LogP contribution in [0.5, 0.6) is 5.75 Å². The summed E-state index contributed by atoms with van der Waals surface area (Å²) in [6, 6.07) is 5.27. The molecule has 6 nitrogen and oxygen atoms in total. The highest BCUT2D eigenvalue weighted by Gasteiger charge is 2.48. The van der Waals surface area contributed by atoms with E-state index in [9.17, 15) is 26.4 Å². The van der Waals surface area contributed by atoms with E-state index in [-0.39, 0.29) is 12.4 Å². The molecule has 0 aromatic heterocycles. The molecule has 1 aromatic carbocycles. The van der Waals surface area contributed by atoms with Gasteiger partial charge in [-0.3, -0.25) is 4.79 Å². The molecule has 0 amide bonds. The van der Waals surface area contributed by atoms with Crippen LogP contribution in [0.25, 0.3) is 0 Å². The monoisotopic (exact) mass is 400 g/mol. The van der Waals surface area contributed by atoms with Gasteiger partial charge in [-0.2, -0.15) is 21.6 Å².